The van der Waals surface area contributed by atoms with Gasteiger partial charge in [0.2, 0.25) is 16.8 Å². The number of rotatable bonds is 5. The quantitative estimate of drug-likeness (QED) is 0.263. The number of carbonyl (C=O) groups is 5. The van der Waals surface area contributed by atoms with E-state index in [-0.39, 0.29) is 0 Å². The second-order valence-corrected chi connectivity index (χ2v) is 7.41. The Morgan fingerprint density at radius 1 is 0.429 bits per heavy atom. The zero-order valence-corrected chi connectivity index (χ0v) is 16.2. The molecule has 0 aromatic heterocycles. The zero-order valence-electron chi connectivity index (χ0n) is 16.2. The lowest BCUT2D eigenvalue weighted by atomic mass is 9.41. The van der Waals surface area contributed by atoms with Crippen LogP contribution in [0.25, 0.3) is 0 Å². The standard InChI is InChI=1S/C17H24O11/c1-7(18)13(24)12(6,23)14(25,8(2)19)16(27,10(4)21)17(28,11(5)22)15(13,26)9(3)20/h23-28H,1-6H3/t12?,13-,14-,15+,16+,17?/m0/s1. The highest BCUT2D eigenvalue weighted by Gasteiger charge is 2.93. The fourth-order valence-corrected chi connectivity index (χ4v) is 4.48. The van der Waals surface area contributed by atoms with E-state index >= 15 is 0 Å². The monoisotopic (exact) mass is 404 g/mol. The van der Waals surface area contributed by atoms with Gasteiger partial charge in [-0.25, -0.2) is 0 Å². The molecule has 0 aliphatic heterocycles. The number of carbonyl (C=O) groups excluding carboxylic acids is 5. The normalized spacial score (nSPS) is 46.0. The van der Waals surface area contributed by atoms with E-state index in [4.69, 9.17) is 0 Å². The molecule has 6 N–H and O–H groups in total. The first kappa shape index (κ1) is 24.1. The van der Waals surface area contributed by atoms with Gasteiger partial charge in [0, 0.05) is 0 Å². The van der Waals surface area contributed by atoms with E-state index in [1.54, 1.807) is 0 Å². The van der Waals surface area contributed by atoms with Gasteiger partial charge in [0.25, 0.3) is 0 Å². The van der Waals surface area contributed by atoms with E-state index in [1.165, 1.54) is 0 Å². The van der Waals surface area contributed by atoms with Gasteiger partial charge in [0.1, 0.15) is 5.60 Å². The Balaban J connectivity index is 4.58. The Morgan fingerprint density at radius 3 is 0.714 bits per heavy atom. The van der Waals surface area contributed by atoms with Crippen molar-refractivity contribution in [2.45, 2.75) is 75.1 Å². The van der Waals surface area contributed by atoms with Gasteiger partial charge in [-0.15, -0.1) is 0 Å². The lowest BCUT2D eigenvalue weighted by Gasteiger charge is -2.68. The topological polar surface area (TPSA) is 207 Å². The molecule has 1 aliphatic carbocycles. The SMILES string of the molecule is CC(=O)C1(O)[C@@](O)(C(C)=O)[C@](O)(C(C)=O)C(C)(O)[C@@](O)(C(C)=O)[C@]1(O)C(C)=O. The molecule has 0 bridgehead atoms. The second kappa shape index (κ2) is 6.05. The second-order valence-electron chi connectivity index (χ2n) is 7.41. The van der Waals surface area contributed by atoms with Gasteiger partial charge in [-0.05, 0) is 41.5 Å². The Hall–Kier alpha value is -1.89. The van der Waals surface area contributed by atoms with Gasteiger partial charge in [-0.1, -0.05) is 0 Å². The number of hydrogen-bond donors (Lipinski definition) is 6. The molecular formula is C17H24O11. The molecule has 0 spiro atoms. The molecule has 158 valence electrons. The van der Waals surface area contributed by atoms with Crippen LogP contribution in [-0.4, -0.2) is 93.2 Å². The Labute approximate surface area is 159 Å². The molecule has 1 rings (SSSR count). The lowest BCUT2D eigenvalue weighted by molar-refractivity contribution is -0.380. The van der Waals surface area contributed by atoms with E-state index in [2.05, 4.69) is 0 Å². The summed E-state index contributed by atoms with van der Waals surface area (Å²) in [6.07, 6.45) is 0. The zero-order chi connectivity index (χ0) is 22.9. The van der Waals surface area contributed by atoms with E-state index in [9.17, 15) is 54.6 Å². The lowest BCUT2D eigenvalue weighted by Crippen LogP contribution is -3.00. The van der Waals surface area contributed by atoms with Crippen molar-refractivity contribution in [3.63, 3.8) is 0 Å². The molecule has 0 unspecified atom stereocenters. The number of ketones is 5. The molecule has 0 heterocycles. The van der Waals surface area contributed by atoms with E-state index in [1.807, 2.05) is 0 Å². The molecule has 1 aliphatic rings. The molecule has 0 amide bonds. The molecule has 0 aromatic carbocycles. The molecule has 1 saturated carbocycles. The van der Waals surface area contributed by atoms with Crippen LogP contribution < -0.4 is 0 Å². The Morgan fingerprint density at radius 2 is 0.571 bits per heavy atom. The summed E-state index contributed by atoms with van der Waals surface area (Å²) in [4.78, 5) is 61.8. The van der Waals surface area contributed by atoms with Gasteiger partial charge in [-0.2, -0.15) is 0 Å². The average Bonchev–Trinajstić information content (AvgIpc) is 2.55. The molecule has 1 fully saturated rings. The summed E-state index contributed by atoms with van der Waals surface area (Å²) >= 11 is 0. The van der Waals surface area contributed by atoms with Crippen LogP contribution in [0.15, 0.2) is 0 Å². The van der Waals surface area contributed by atoms with Gasteiger partial charge in [0.15, 0.2) is 40.1 Å². The van der Waals surface area contributed by atoms with Crippen LogP contribution in [0.2, 0.25) is 0 Å². The molecule has 11 nitrogen and oxygen atoms in total. The first-order valence-electron chi connectivity index (χ1n) is 8.11. The summed E-state index contributed by atoms with van der Waals surface area (Å²) in [5, 5.41) is 66.3. The van der Waals surface area contributed by atoms with E-state index in [0.29, 0.717) is 41.5 Å². The third kappa shape index (κ3) is 1.91. The fraction of sp³-hybridized carbons (Fsp3) is 0.706. The van der Waals surface area contributed by atoms with Crippen molar-refractivity contribution in [1.29, 1.82) is 0 Å². The van der Waals surface area contributed by atoms with Crippen molar-refractivity contribution in [1.82, 2.24) is 0 Å². The highest BCUT2D eigenvalue weighted by Crippen LogP contribution is 2.59. The summed E-state index contributed by atoms with van der Waals surface area (Å²) in [6.45, 7) is 2.93. The van der Waals surface area contributed by atoms with Crippen LogP contribution >= 0.6 is 0 Å². The van der Waals surface area contributed by atoms with Crippen molar-refractivity contribution >= 4 is 28.9 Å². The third-order valence-corrected chi connectivity index (χ3v) is 6.05. The van der Waals surface area contributed by atoms with Crippen molar-refractivity contribution in [2.75, 3.05) is 0 Å². The summed E-state index contributed by atoms with van der Waals surface area (Å²) in [6, 6.07) is 0. The summed E-state index contributed by atoms with van der Waals surface area (Å²) in [7, 11) is 0. The third-order valence-electron chi connectivity index (χ3n) is 6.05. The van der Waals surface area contributed by atoms with Crippen molar-refractivity contribution in [2.24, 2.45) is 0 Å². The molecule has 0 aromatic rings. The summed E-state index contributed by atoms with van der Waals surface area (Å²) < 4.78 is 0. The van der Waals surface area contributed by atoms with Crippen LogP contribution in [0, 0.1) is 0 Å². The Kier molecular flexibility index (Phi) is 5.22. The largest absolute Gasteiger partial charge is 0.383 e. The van der Waals surface area contributed by atoms with Crippen molar-refractivity contribution in [3.8, 4) is 0 Å². The summed E-state index contributed by atoms with van der Waals surface area (Å²) in [5.41, 5.74) is -23.6. The van der Waals surface area contributed by atoms with E-state index < -0.39 is 62.5 Å². The van der Waals surface area contributed by atoms with Gasteiger partial charge in [-0.3, -0.25) is 24.0 Å². The minimum Gasteiger partial charge on any atom is -0.383 e. The van der Waals surface area contributed by atoms with Crippen molar-refractivity contribution < 1.29 is 54.6 Å². The van der Waals surface area contributed by atoms with Crippen molar-refractivity contribution in [3.05, 3.63) is 0 Å². The maximum absolute atomic E-state index is 12.4. The molecule has 4 atom stereocenters. The minimum absolute atomic E-state index is 0.400. The minimum atomic E-state index is -4.11. The fourth-order valence-electron chi connectivity index (χ4n) is 4.48. The van der Waals surface area contributed by atoms with Crippen LogP contribution in [0.3, 0.4) is 0 Å². The van der Waals surface area contributed by atoms with Crippen LogP contribution in [-0.2, 0) is 24.0 Å². The van der Waals surface area contributed by atoms with Crippen LogP contribution in [0.1, 0.15) is 41.5 Å². The highest BCUT2D eigenvalue weighted by molar-refractivity contribution is 6.14. The maximum Gasteiger partial charge on any atom is 0.201 e. The molecule has 28 heavy (non-hydrogen) atoms. The number of hydrogen-bond acceptors (Lipinski definition) is 11. The molecule has 11 heteroatoms. The maximum atomic E-state index is 12.4. The smallest absolute Gasteiger partial charge is 0.201 e. The number of aliphatic hydroxyl groups is 6. The highest BCUT2D eigenvalue weighted by atomic mass is 16.5. The van der Waals surface area contributed by atoms with Gasteiger partial charge < -0.3 is 30.6 Å². The van der Waals surface area contributed by atoms with Gasteiger partial charge >= 0.3 is 0 Å². The van der Waals surface area contributed by atoms with E-state index in [0.717, 1.165) is 0 Å². The molecule has 0 saturated heterocycles. The number of Topliss-reactive ketones (excluding diaryl/α,β-unsaturated/α-hetero) is 5. The predicted octanol–water partition coefficient (Wildman–Crippen LogP) is -3.65. The first-order chi connectivity index (χ1) is 12.2. The van der Waals surface area contributed by atoms with Gasteiger partial charge in [0.05, 0.1) is 0 Å². The van der Waals surface area contributed by atoms with Crippen LogP contribution in [0.5, 0.6) is 0 Å². The molecule has 0 radical (unpaired) electrons. The average molecular weight is 404 g/mol. The predicted molar refractivity (Wildman–Crippen MR) is 88.8 cm³/mol. The van der Waals surface area contributed by atoms with Crippen LogP contribution in [0.4, 0.5) is 0 Å². The first-order valence-corrected chi connectivity index (χ1v) is 8.11. The molecular weight excluding hydrogens is 380 g/mol. The summed E-state index contributed by atoms with van der Waals surface area (Å²) in [5.74, 6) is -8.49. The Bertz CT molecular complexity index is 745.